The van der Waals surface area contributed by atoms with Crippen LogP contribution in [0, 0.1) is 15.9 Å². The number of halogens is 1. The second-order valence-corrected chi connectivity index (χ2v) is 5.95. The standard InChI is InChI=1S/C12H15FN2O5S/c1-3-6-14(7-8-20-2)21(18,19)10-4-5-12(15(16)17)11(13)9-10/h3-5,9H,1,6-8H2,2H3. The van der Waals surface area contributed by atoms with Gasteiger partial charge >= 0.3 is 5.69 Å². The molecule has 0 aliphatic rings. The second kappa shape index (κ2) is 7.25. The van der Waals surface area contributed by atoms with Gasteiger partial charge in [-0.15, -0.1) is 6.58 Å². The molecule has 0 unspecified atom stereocenters. The van der Waals surface area contributed by atoms with Crippen LogP contribution in [0.1, 0.15) is 0 Å². The molecule has 0 saturated carbocycles. The molecular formula is C12H15FN2O5S. The van der Waals surface area contributed by atoms with Gasteiger partial charge in [0.1, 0.15) is 0 Å². The number of sulfonamides is 1. The third kappa shape index (κ3) is 4.06. The SMILES string of the molecule is C=CCN(CCOC)S(=O)(=O)c1ccc([N+](=O)[O-])c(F)c1. The first-order chi connectivity index (χ1) is 9.84. The fourth-order valence-electron chi connectivity index (χ4n) is 1.59. The van der Waals surface area contributed by atoms with Crippen molar-refractivity contribution in [3.05, 3.63) is 46.8 Å². The van der Waals surface area contributed by atoms with Crippen LogP contribution in [-0.4, -0.2) is 44.5 Å². The van der Waals surface area contributed by atoms with Crippen molar-refractivity contribution in [2.45, 2.75) is 4.90 Å². The molecule has 0 N–H and O–H groups in total. The summed E-state index contributed by atoms with van der Waals surface area (Å²) in [5.41, 5.74) is -0.777. The van der Waals surface area contributed by atoms with E-state index in [9.17, 15) is 22.9 Å². The first kappa shape index (κ1) is 17.2. The van der Waals surface area contributed by atoms with E-state index in [1.165, 1.54) is 13.2 Å². The zero-order valence-corrected chi connectivity index (χ0v) is 12.2. The van der Waals surface area contributed by atoms with Gasteiger partial charge in [-0.1, -0.05) is 6.08 Å². The van der Waals surface area contributed by atoms with E-state index >= 15 is 0 Å². The van der Waals surface area contributed by atoms with Crippen LogP contribution in [0.3, 0.4) is 0 Å². The molecule has 0 aliphatic carbocycles. The number of nitro groups is 1. The van der Waals surface area contributed by atoms with Crippen molar-refractivity contribution in [3.63, 3.8) is 0 Å². The predicted octanol–water partition coefficient (Wildman–Crippen LogP) is 1.56. The Morgan fingerprint density at radius 1 is 1.52 bits per heavy atom. The highest BCUT2D eigenvalue weighted by atomic mass is 32.2. The van der Waals surface area contributed by atoms with Crippen LogP contribution in [0.2, 0.25) is 0 Å². The van der Waals surface area contributed by atoms with Crippen LogP contribution < -0.4 is 0 Å². The van der Waals surface area contributed by atoms with Crippen LogP contribution >= 0.6 is 0 Å². The van der Waals surface area contributed by atoms with E-state index in [0.29, 0.717) is 6.07 Å². The summed E-state index contributed by atoms with van der Waals surface area (Å²) in [6.07, 6.45) is 1.38. The fourth-order valence-corrected chi connectivity index (χ4v) is 3.00. The maximum atomic E-state index is 13.6. The van der Waals surface area contributed by atoms with Crippen LogP contribution in [-0.2, 0) is 14.8 Å². The molecular weight excluding hydrogens is 303 g/mol. The predicted molar refractivity (Wildman–Crippen MR) is 73.9 cm³/mol. The van der Waals surface area contributed by atoms with Gasteiger partial charge < -0.3 is 4.74 Å². The smallest absolute Gasteiger partial charge is 0.304 e. The Morgan fingerprint density at radius 3 is 2.67 bits per heavy atom. The lowest BCUT2D eigenvalue weighted by molar-refractivity contribution is -0.387. The van der Waals surface area contributed by atoms with Gasteiger partial charge in [0.2, 0.25) is 15.8 Å². The lowest BCUT2D eigenvalue weighted by Gasteiger charge is -2.20. The van der Waals surface area contributed by atoms with Crippen molar-refractivity contribution in [1.82, 2.24) is 4.31 Å². The molecule has 7 nitrogen and oxygen atoms in total. The van der Waals surface area contributed by atoms with E-state index in [2.05, 4.69) is 6.58 Å². The summed E-state index contributed by atoms with van der Waals surface area (Å²) in [5, 5.41) is 10.5. The number of benzene rings is 1. The maximum absolute atomic E-state index is 13.6. The van der Waals surface area contributed by atoms with E-state index < -0.39 is 26.5 Å². The molecule has 1 rings (SSSR count). The molecule has 0 heterocycles. The molecule has 1 aromatic carbocycles. The van der Waals surface area contributed by atoms with Crippen molar-refractivity contribution < 1.29 is 22.5 Å². The average Bonchev–Trinajstić information content (AvgIpc) is 2.42. The van der Waals surface area contributed by atoms with Crippen molar-refractivity contribution in [3.8, 4) is 0 Å². The molecule has 0 aromatic heterocycles. The topological polar surface area (TPSA) is 89.8 Å². The van der Waals surface area contributed by atoms with Gasteiger partial charge in [-0.25, -0.2) is 8.42 Å². The van der Waals surface area contributed by atoms with Crippen molar-refractivity contribution >= 4 is 15.7 Å². The number of rotatable bonds is 8. The number of methoxy groups -OCH3 is 1. The average molecular weight is 318 g/mol. The monoisotopic (exact) mass is 318 g/mol. The van der Waals surface area contributed by atoms with Gasteiger partial charge in [0, 0.05) is 32.3 Å². The Balaban J connectivity index is 3.18. The van der Waals surface area contributed by atoms with E-state index in [1.54, 1.807) is 0 Å². The molecule has 116 valence electrons. The Bertz CT molecular complexity index is 633. The summed E-state index contributed by atoms with van der Waals surface area (Å²) in [6.45, 7) is 3.69. The van der Waals surface area contributed by atoms with Crippen LogP contribution in [0.5, 0.6) is 0 Å². The summed E-state index contributed by atoms with van der Waals surface area (Å²) in [6, 6.07) is 2.46. The third-order valence-corrected chi connectivity index (χ3v) is 4.49. The van der Waals surface area contributed by atoms with Crippen LogP contribution in [0.15, 0.2) is 35.7 Å². The van der Waals surface area contributed by atoms with E-state index in [1.807, 2.05) is 0 Å². The summed E-state index contributed by atoms with van der Waals surface area (Å²) < 4.78 is 44.1. The minimum Gasteiger partial charge on any atom is -0.383 e. The van der Waals surface area contributed by atoms with Gasteiger partial charge in [0.25, 0.3) is 0 Å². The van der Waals surface area contributed by atoms with E-state index in [0.717, 1.165) is 16.4 Å². The maximum Gasteiger partial charge on any atom is 0.304 e. The highest BCUT2D eigenvalue weighted by molar-refractivity contribution is 7.89. The summed E-state index contributed by atoms with van der Waals surface area (Å²) in [5.74, 6) is -1.20. The molecule has 0 radical (unpaired) electrons. The van der Waals surface area contributed by atoms with Crippen LogP contribution in [0.4, 0.5) is 10.1 Å². The van der Waals surface area contributed by atoms with Gasteiger partial charge in [-0.3, -0.25) is 10.1 Å². The van der Waals surface area contributed by atoms with Crippen molar-refractivity contribution in [2.75, 3.05) is 26.8 Å². The van der Waals surface area contributed by atoms with Gasteiger partial charge in [-0.05, 0) is 6.07 Å². The Morgan fingerprint density at radius 2 is 2.19 bits per heavy atom. The Hall–Kier alpha value is -1.84. The number of ether oxygens (including phenoxy) is 1. The number of nitro benzene ring substituents is 1. The molecule has 21 heavy (non-hydrogen) atoms. The first-order valence-electron chi connectivity index (χ1n) is 5.88. The highest BCUT2D eigenvalue weighted by Crippen LogP contribution is 2.23. The normalized spacial score (nSPS) is 11.6. The summed E-state index contributed by atoms with van der Waals surface area (Å²) in [7, 11) is -2.56. The largest absolute Gasteiger partial charge is 0.383 e. The molecule has 9 heteroatoms. The minimum absolute atomic E-state index is 0.0182. The molecule has 0 bridgehead atoms. The molecule has 0 aliphatic heterocycles. The zero-order chi connectivity index (χ0) is 16.0. The molecule has 1 aromatic rings. The van der Waals surface area contributed by atoms with Crippen molar-refractivity contribution in [1.29, 1.82) is 0 Å². The zero-order valence-electron chi connectivity index (χ0n) is 11.4. The molecule has 0 spiro atoms. The first-order valence-corrected chi connectivity index (χ1v) is 7.32. The molecule has 0 fully saturated rings. The van der Waals surface area contributed by atoms with E-state index in [4.69, 9.17) is 4.74 Å². The highest BCUT2D eigenvalue weighted by Gasteiger charge is 2.26. The van der Waals surface area contributed by atoms with Gasteiger partial charge in [-0.2, -0.15) is 8.70 Å². The summed E-state index contributed by atoms with van der Waals surface area (Å²) >= 11 is 0. The van der Waals surface area contributed by atoms with Crippen molar-refractivity contribution in [2.24, 2.45) is 0 Å². The quantitative estimate of drug-likeness (QED) is 0.412. The second-order valence-electron chi connectivity index (χ2n) is 4.01. The fraction of sp³-hybridized carbons (Fsp3) is 0.333. The number of nitrogens with zero attached hydrogens (tertiary/aromatic N) is 2. The molecule has 0 atom stereocenters. The number of hydrogen-bond acceptors (Lipinski definition) is 5. The Kier molecular flexibility index (Phi) is 5.94. The van der Waals surface area contributed by atoms with Crippen LogP contribution in [0.25, 0.3) is 0 Å². The molecule has 0 amide bonds. The lowest BCUT2D eigenvalue weighted by atomic mass is 10.3. The summed E-state index contributed by atoms with van der Waals surface area (Å²) in [4.78, 5) is 9.26. The van der Waals surface area contributed by atoms with Gasteiger partial charge in [0.05, 0.1) is 16.4 Å². The minimum atomic E-state index is -3.98. The lowest BCUT2D eigenvalue weighted by Crippen LogP contribution is -2.34. The Labute approximate surface area is 121 Å². The van der Waals surface area contributed by atoms with Gasteiger partial charge in [0.15, 0.2) is 0 Å². The molecule has 0 saturated heterocycles. The third-order valence-electron chi connectivity index (χ3n) is 2.63. The van der Waals surface area contributed by atoms with E-state index in [-0.39, 0.29) is 24.6 Å². The number of hydrogen-bond donors (Lipinski definition) is 0.